The molecule has 1 aliphatic rings. The summed E-state index contributed by atoms with van der Waals surface area (Å²) in [6.07, 6.45) is 2.85. The quantitative estimate of drug-likeness (QED) is 0.294. The minimum atomic E-state index is -2.38. The van der Waals surface area contributed by atoms with Crippen molar-refractivity contribution in [3.05, 3.63) is 70.4 Å². The number of nitrogens with two attached hydrogens (primary N) is 1. The molecule has 0 unspecified atom stereocenters. The molecule has 0 aromatic heterocycles. The molecule has 0 fully saturated rings. The normalized spacial score (nSPS) is 14.2. The number of azo groups is 1. The van der Waals surface area contributed by atoms with Gasteiger partial charge in [-0.05, 0) is 29.8 Å². The van der Waals surface area contributed by atoms with Crippen LogP contribution in [0.15, 0.2) is 75.3 Å². The number of allylic oxidation sites excluding steroid dienone is 3. The van der Waals surface area contributed by atoms with E-state index in [1.54, 1.807) is 12.1 Å². The Bertz CT molecular complexity index is 1130. The maximum atomic E-state index is 11.1. The number of anilines is 1. The molecular formula is C16H12N6O2S. The first-order valence-electron chi connectivity index (χ1n) is 7.20. The monoisotopic (exact) mass is 352 g/mol. The third-order valence-corrected chi connectivity index (χ3v) is 4.35. The minimum Gasteiger partial charge on any atom is -0.398 e. The smallest absolute Gasteiger partial charge is 0.217 e. The van der Waals surface area contributed by atoms with Crippen LogP contribution in [0.4, 0.5) is 11.4 Å². The Morgan fingerprint density at radius 2 is 1.80 bits per heavy atom. The van der Waals surface area contributed by atoms with E-state index in [9.17, 15) is 8.42 Å². The number of nitrogen functional groups attached to an aromatic ring is 1. The molecule has 0 bridgehead atoms. The van der Waals surface area contributed by atoms with E-state index < -0.39 is 10.3 Å². The minimum absolute atomic E-state index is 0.0203. The molecule has 0 spiro atoms. The molecule has 0 amide bonds. The summed E-state index contributed by atoms with van der Waals surface area (Å²) in [4.78, 5) is 2.84. The van der Waals surface area contributed by atoms with E-state index >= 15 is 0 Å². The first-order valence-corrected chi connectivity index (χ1v) is 8.28. The lowest BCUT2D eigenvalue weighted by Gasteiger charge is -2.08. The van der Waals surface area contributed by atoms with Gasteiger partial charge in [-0.3, -0.25) is 0 Å². The molecule has 0 radical (unpaired) electrons. The Hall–Kier alpha value is -3.42. The number of hydrogen-bond donors (Lipinski definition) is 1. The van der Waals surface area contributed by atoms with Gasteiger partial charge in [0.05, 0.1) is 16.2 Å². The van der Waals surface area contributed by atoms with Crippen LogP contribution in [-0.4, -0.2) is 13.3 Å². The molecule has 2 N–H and O–H groups in total. The summed E-state index contributed by atoms with van der Waals surface area (Å²) in [5.74, 6) is 0. The van der Waals surface area contributed by atoms with Gasteiger partial charge < -0.3 is 5.73 Å². The number of rotatable bonds is 3. The van der Waals surface area contributed by atoms with Gasteiger partial charge in [-0.1, -0.05) is 29.4 Å². The molecule has 0 heterocycles. The van der Waals surface area contributed by atoms with Crippen LogP contribution in [0.2, 0.25) is 0 Å². The molecule has 124 valence electrons. The topological polar surface area (TPSA) is 134 Å². The van der Waals surface area contributed by atoms with Gasteiger partial charge in [-0.2, -0.15) is 13.5 Å². The van der Waals surface area contributed by atoms with Crippen molar-refractivity contribution in [2.24, 2.45) is 15.3 Å². The fraction of sp³-hybridized carbons (Fsp3) is 0.0625. The Kier molecular flexibility index (Phi) is 4.60. The Balaban J connectivity index is 2.06. The average Bonchev–Trinajstić information content (AvgIpc) is 2.62. The fourth-order valence-electron chi connectivity index (χ4n) is 2.43. The van der Waals surface area contributed by atoms with Gasteiger partial charge in [-0.15, -0.1) is 5.11 Å². The summed E-state index contributed by atoms with van der Waals surface area (Å²) >= 11 is 0. The summed E-state index contributed by atoms with van der Waals surface area (Å²) in [5.41, 5.74) is 16.4. The lowest BCUT2D eigenvalue weighted by atomic mass is 10.1. The molecule has 2 aromatic carbocycles. The molecular weight excluding hydrogens is 340 g/mol. The van der Waals surface area contributed by atoms with E-state index in [0.717, 1.165) is 10.8 Å². The number of fused-ring (bicyclic) bond motifs is 1. The summed E-state index contributed by atoms with van der Waals surface area (Å²) in [7, 11) is -2.38. The Morgan fingerprint density at radius 1 is 1.04 bits per heavy atom. The molecule has 8 nitrogen and oxygen atoms in total. The number of hydrogen-bond acceptors (Lipinski definition) is 6. The van der Waals surface area contributed by atoms with E-state index in [-0.39, 0.29) is 17.0 Å². The maximum Gasteiger partial charge on any atom is 0.217 e. The van der Waals surface area contributed by atoms with Crippen LogP contribution in [0, 0.1) is 0 Å². The predicted molar refractivity (Wildman–Crippen MR) is 96.7 cm³/mol. The first kappa shape index (κ1) is 16.4. The van der Waals surface area contributed by atoms with Crippen LogP contribution in [0.3, 0.4) is 0 Å². The van der Waals surface area contributed by atoms with Gasteiger partial charge >= 0.3 is 0 Å². The molecule has 9 heteroatoms. The van der Waals surface area contributed by atoms with Crippen LogP contribution in [0.5, 0.6) is 0 Å². The highest BCUT2D eigenvalue weighted by molar-refractivity contribution is 7.73. The lowest BCUT2D eigenvalue weighted by molar-refractivity contribution is 0.627. The van der Waals surface area contributed by atoms with Crippen molar-refractivity contribution >= 4 is 37.3 Å². The second-order valence-electron chi connectivity index (χ2n) is 5.15. The Labute approximate surface area is 144 Å². The van der Waals surface area contributed by atoms with E-state index in [2.05, 4.69) is 20.3 Å². The van der Waals surface area contributed by atoms with Gasteiger partial charge in [-0.25, -0.2) is 0 Å². The highest BCUT2D eigenvalue weighted by atomic mass is 32.2. The SMILES string of the molecule is [N-]=[N+]=NC1=C(N=Nc2ccc(N)c3ccccc23)C=CC(=S(=O)=O)C1. The third kappa shape index (κ3) is 3.42. The molecule has 0 saturated carbocycles. The van der Waals surface area contributed by atoms with Crippen molar-refractivity contribution < 1.29 is 8.42 Å². The number of azide groups is 1. The van der Waals surface area contributed by atoms with Crippen molar-refractivity contribution in [2.75, 3.05) is 5.73 Å². The Morgan fingerprint density at radius 3 is 2.52 bits per heavy atom. The van der Waals surface area contributed by atoms with Crippen LogP contribution in [0.1, 0.15) is 6.42 Å². The predicted octanol–water partition coefficient (Wildman–Crippen LogP) is 4.04. The van der Waals surface area contributed by atoms with Crippen molar-refractivity contribution in [3.63, 3.8) is 0 Å². The average molecular weight is 352 g/mol. The van der Waals surface area contributed by atoms with Crippen LogP contribution in [0.25, 0.3) is 21.2 Å². The third-order valence-electron chi connectivity index (χ3n) is 3.64. The maximum absolute atomic E-state index is 11.1. The largest absolute Gasteiger partial charge is 0.398 e. The number of nitrogens with zero attached hydrogens (tertiary/aromatic N) is 5. The molecule has 0 aliphatic heterocycles. The van der Waals surface area contributed by atoms with Crippen LogP contribution in [-0.2, 0) is 10.3 Å². The van der Waals surface area contributed by atoms with Gasteiger partial charge in [0.2, 0.25) is 10.3 Å². The van der Waals surface area contributed by atoms with E-state index in [0.29, 0.717) is 17.1 Å². The van der Waals surface area contributed by atoms with E-state index in [1.807, 2.05) is 24.3 Å². The number of benzene rings is 2. The van der Waals surface area contributed by atoms with E-state index in [1.165, 1.54) is 12.2 Å². The molecule has 0 saturated heterocycles. The highest BCUT2D eigenvalue weighted by Crippen LogP contribution is 2.31. The van der Waals surface area contributed by atoms with Gasteiger partial charge in [0.25, 0.3) is 0 Å². The fourth-order valence-corrected chi connectivity index (χ4v) is 2.86. The van der Waals surface area contributed by atoms with Crippen LogP contribution >= 0.6 is 0 Å². The van der Waals surface area contributed by atoms with Gasteiger partial charge in [0.15, 0.2) is 0 Å². The summed E-state index contributed by atoms with van der Waals surface area (Å²) < 4.78 is 22.1. The zero-order chi connectivity index (χ0) is 17.8. The molecule has 1 aliphatic carbocycles. The van der Waals surface area contributed by atoms with Crippen molar-refractivity contribution in [1.82, 2.24) is 0 Å². The summed E-state index contributed by atoms with van der Waals surface area (Å²) in [5, 5.41) is 13.6. The lowest BCUT2D eigenvalue weighted by Crippen LogP contribution is -2.03. The molecule has 0 atom stereocenters. The molecule has 3 rings (SSSR count). The second-order valence-corrected chi connectivity index (χ2v) is 6.15. The summed E-state index contributed by atoms with van der Waals surface area (Å²) in [6, 6.07) is 11.0. The van der Waals surface area contributed by atoms with E-state index in [4.69, 9.17) is 11.3 Å². The van der Waals surface area contributed by atoms with Crippen molar-refractivity contribution in [3.8, 4) is 0 Å². The molecule has 25 heavy (non-hydrogen) atoms. The highest BCUT2D eigenvalue weighted by Gasteiger charge is 2.12. The standard InChI is InChI=1S/C16H12N6O2S/c17-13-6-8-14(12-4-2-1-3-11(12)13)19-20-15-7-5-10(25(23)24)9-16(15)21-22-18/h1-8H,9,17H2. The van der Waals surface area contributed by atoms with Crippen molar-refractivity contribution in [1.29, 1.82) is 0 Å². The van der Waals surface area contributed by atoms with Crippen molar-refractivity contribution in [2.45, 2.75) is 6.42 Å². The first-order chi connectivity index (χ1) is 12.1. The molecule has 2 aromatic rings. The zero-order valence-electron chi connectivity index (χ0n) is 12.9. The van der Waals surface area contributed by atoms with Crippen LogP contribution < -0.4 is 5.73 Å². The van der Waals surface area contributed by atoms with Gasteiger partial charge in [0.1, 0.15) is 0 Å². The van der Waals surface area contributed by atoms with Gasteiger partial charge in [0, 0.05) is 33.5 Å². The zero-order valence-corrected chi connectivity index (χ0v) is 13.7. The summed E-state index contributed by atoms with van der Waals surface area (Å²) in [6.45, 7) is 0. The second kappa shape index (κ2) is 7.00.